The largest absolute Gasteiger partial charge is 0.391 e. The summed E-state index contributed by atoms with van der Waals surface area (Å²) in [5, 5.41) is 16.2. The lowest BCUT2D eigenvalue weighted by atomic mass is 9.83. The summed E-state index contributed by atoms with van der Waals surface area (Å²) in [7, 11) is 1.80. The van der Waals surface area contributed by atoms with Crippen molar-refractivity contribution in [3.8, 4) is 0 Å². The molecule has 0 unspecified atom stereocenters. The molecule has 1 aliphatic rings. The van der Waals surface area contributed by atoms with Crippen molar-refractivity contribution in [1.29, 1.82) is 0 Å². The number of rotatable bonds is 6. The zero-order valence-corrected chi connectivity index (χ0v) is 14.8. The highest BCUT2D eigenvalue weighted by molar-refractivity contribution is 5.93. The Bertz CT molecular complexity index is 740. The topological polar surface area (TPSA) is 112 Å². The van der Waals surface area contributed by atoms with E-state index in [9.17, 15) is 14.7 Å². The minimum absolute atomic E-state index is 0.0456. The molecule has 2 heterocycles. The quantitative estimate of drug-likeness (QED) is 0.597. The van der Waals surface area contributed by atoms with Gasteiger partial charge in [0.2, 0.25) is 5.91 Å². The first-order valence-corrected chi connectivity index (χ1v) is 8.90. The van der Waals surface area contributed by atoms with Gasteiger partial charge < -0.3 is 25.3 Å². The van der Waals surface area contributed by atoms with E-state index in [-0.39, 0.29) is 23.8 Å². The Hall–Kier alpha value is -2.61. The van der Waals surface area contributed by atoms with E-state index in [0.29, 0.717) is 37.9 Å². The standard InChI is InChI=1S/C18H25N5O3/c1-23-8-2-3-15(23)18(26)22-14-5-4-12(9-16(14)24)17(25)20-7-6-13-10-19-11-21-13/h2-3,8,10-12,14,16,24H,4-7,9H2,1H3,(H,19,21)(H,20,25)(H,22,26)/t12-,14+,16+/m0/s1. The molecule has 8 nitrogen and oxygen atoms in total. The van der Waals surface area contributed by atoms with Crippen molar-refractivity contribution in [2.45, 2.75) is 37.8 Å². The average Bonchev–Trinajstić information content (AvgIpc) is 3.28. The molecule has 26 heavy (non-hydrogen) atoms. The van der Waals surface area contributed by atoms with Crippen LogP contribution in [0.4, 0.5) is 0 Å². The summed E-state index contributed by atoms with van der Waals surface area (Å²) < 4.78 is 1.74. The molecule has 0 spiro atoms. The van der Waals surface area contributed by atoms with Crippen molar-refractivity contribution < 1.29 is 14.7 Å². The average molecular weight is 359 g/mol. The van der Waals surface area contributed by atoms with Crippen LogP contribution in [-0.4, -0.2) is 50.1 Å². The van der Waals surface area contributed by atoms with Gasteiger partial charge in [-0.25, -0.2) is 4.98 Å². The van der Waals surface area contributed by atoms with Crippen molar-refractivity contribution >= 4 is 11.8 Å². The number of hydrogen-bond acceptors (Lipinski definition) is 4. The van der Waals surface area contributed by atoms with Crippen molar-refractivity contribution in [1.82, 2.24) is 25.2 Å². The van der Waals surface area contributed by atoms with Crippen LogP contribution < -0.4 is 10.6 Å². The number of amides is 2. The maximum Gasteiger partial charge on any atom is 0.268 e. The smallest absolute Gasteiger partial charge is 0.268 e. The number of aromatic amines is 1. The summed E-state index contributed by atoms with van der Waals surface area (Å²) in [6.07, 6.45) is 6.69. The second-order valence-electron chi connectivity index (χ2n) is 6.78. The maximum absolute atomic E-state index is 12.3. The highest BCUT2D eigenvalue weighted by atomic mass is 16.3. The van der Waals surface area contributed by atoms with Gasteiger partial charge in [-0.1, -0.05) is 0 Å². The minimum Gasteiger partial charge on any atom is -0.391 e. The normalized spacial score (nSPS) is 22.8. The van der Waals surface area contributed by atoms with Gasteiger partial charge in [0.1, 0.15) is 5.69 Å². The first-order chi connectivity index (χ1) is 12.5. The van der Waals surface area contributed by atoms with Crippen LogP contribution in [-0.2, 0) is 18.3 Å². The lowest BCUT2D eigenvalue weighted by Gasteiger charge is -2.33. The number of H-pyrrole nitrogens is 1. The number of imidazole rings is 1. The third-order valence-electron chi connectivity index (χ3n) is 4.93. The van der Waals surface area contributed by atoms with Gasteiger partial charge in [0.15, 0.2) is 0 Å². The molecule has 0 saturated heterocycles. The van der Waals surface area contributed by atoms with Crippen molar-refractivity contribution in [2.24, 2.45) is 13.0 Å². The lowest BCUT2D eigenvalue weighted by molar-refractivity contribution is -0.127. The number of aryl methyl sites for hydroxylation is 1. The van der Waals surface area contributed by atoms with E-state index in [1.807, 2.05) is 0 Å². The molecule has 3 atom stereocenters. The molecule has 0 aromatic carbocycles. The van der Waals surface area contributed by atoms with E-state index in [1.54, 1.807) is 42.5 Å². The van der Waals surface area contributed by atoms with E-state index in [2.05, 4.69) is 20.6 Å². The van der Waals surface area contributed by atoms with Gasteiger partial charge >= 0.3 is 0 Å². The fourth-order valence-corrected chi connectivity index (χ4v) is 3.38. The zero-order valence-electron chi connectivity index (χ0n) is 14.8. The Morgan fingerprint density at radius 3 is 2.92 bits per heavy atom. The van der Waals surface area contributed by atoms with Gasteiger partial charge in [-0.15, -0.1) is 0 Å². The van der Waals surface area contributed by atoms with Crippen LogP contribution in [0.25, 0.3) is 0 Å². The highest BCUT2D eigenvalue weighted by Gasteiger charge is 2.33. The number of hydrogen-bond donors (Lipinski definition) is 4. The molecule has 1 fully saturated rings. The monoisotopic (exact) mass is 359 g/mol. The van der Waals surface area contributed by atoms with Gasteiger partial charge in [0.25, 0.3) is 5.91 Å². The number of carbonyl (C=O) groups is 2. The van der Waals surface area contributed by atoms with E-state index < -0.39 is 6.10 Å². The number of nitrogens with one attached hydrogen (secondary N) is 3. The van der Waals surface area contributed by atoms with Gasteiger partial charge in [-0.05, 0) is 31.4 Å². The fraction of sp³-hybridized carbons (Fsp3) is 0.500. The molecule has 0 bridgehead atoms. The zero-order chi connectivity index (χ0) is 18.5. The van der Waals surface area contributed by atoms with E-state index in [0.717, 1.165) is 5.69 Å². The number of carbonyl (C=O) groups excluding carboxylic acids is 2. The number of nitrogens with zero attached hydrogens (tertiary/aromatic N) is 2. The minimum atomic E-state index is -0.726. The Morgan fingerprint density at radius 2 is 2.27 bits per heavy atom. The Balaban J connectivity index is 1.44. The molecule has 2 aromatic rings. The van der Waals surface area contributed by atoms with Gasteiger partial charge in [0, 0.05) is 44.0 Å². The first kappa shape index (κ1) is 18.2. The van der Waals surface area contributed by atoms with Gasteiger partial charge in [-0.2, -0.15) is 0 Å². The summed E-state index contributed by atoms with van der Waals surface area (Å²) in [5.74, 6) is -0.477. The molecule has 2 amide bonds. The first-order valence-electron chi connectivity index (χ1n) is 8.90. The summed E-state index contributed by atoms with van der Waals surface area (Å²) in [6.45, 7) is 0.529. The van der Waals surface area contributed by atoms with Gasteiger partial charge in [0.05, 0.1) is 18.5 Å². The van der Waals surface area contributed by atoms with E-state index in [4.69, 9.17) is 0 Å². The summed E-state index contributed by atoms with van der Waals surface area (Å²) >= 11 is 0. The number of aliphatic hydroxyl groups excluding tert-OH is 1. The second-order valence-corrected chi connectivity index (χ2v) is 6.78. The Labute approximate surface area is 152 Å². The molecule has 1 aliphatic carbocycles. The molecule has 0 radical (unpaired) electrons. The molecule has 1 saturated carbocycles. The molecular weight excluding hydrogens is 334 g/mol. The van der Waals surface area contributed by atoms with Crippen LogP contribution in [0.2, 0.25) is 0 Å². The predicted molar refractivity (Wildman–Crippen MR) is 95.3 cm³/mol. The highest BCUT2D eigenvalue weighted by Crippen LogP contribution is 2.25. The molecule has 8 heteroatoms. The van der Waals surface area contributed by atoms with Crippen LogP contribution in [0, 0.1) is 5.92 Å². The van der Waals surface area contributed by atoms with Crippen LogP contribution >= 0.6 is 0 Å². The lowest BCUT2D eigenvalue weighted by Crippen LogP contribution is -2.49. The predicted octanol–water partition coefficient (Wildman–Crippen LogP) is 0.367. The molecule has 140 valence electrons. The van der Waals surface area contributed by atoms with Crippen LogP contribution in [0.3, 0.4) is 0 Å². The fourth-order valence-electron chi connectivity index (χ4n) is 3.38. The maximum atomic E-state index is 12.3. The Morgan fingerprint density at radius 1 is 1.42 bits per heavy atom. The second kappa shape index (κ2) is 8.18. The molecule has 4 N–H and O–H groups in total. The number of aliphatic hydroxyl groups is 1. The molecular formula is C18H25N5O3. The molecule has 2 aromatic heterocycles. The summed E-state index contributed by atoms with van der Waals surface area (Å²) in [4.78, 5) is 31.5. The summed E-state index contributed by atoms with van der Waals surface area (Å²) in [5.41, 5.74) is 1.52. The van der Waals surface area contributed by atoms with Crippen molar-refractivity contribution in [2.75, 3.05) is 6.54 Å². The third-order valence-corrected chi connectivity index (χ3v) is 4.93. The Kier molecular flexibility index (Phi) is 5.72. The van der Waals surface area contributed by atoms with Crippen LogP contribution in [0.5, 0.6) is 0 Å². The number of aromatic nitrogens is 3. The third kappa shape index (κ3) is 4.32. The van der Waals surface area contributed by atoms with Crippen molar-refractivity contribution in [3.05, 3.63) is 42.2 Å². The molecule has 3 rings (SSSR count). The van der Waals surface area contributed by atoms with Crippen LogP contribution in [0.1, 0.15) is 35.4 Å². The van der Waals surface area contributed by atoms with E-state index >= 15 is 0 Å². The van der Waals surface area contributed by atoms with Gasteiger partial charge in [-0.3, -0.25) is 9.59 Å². The van der Waals surface area contributed by atoms with Crippen LogP contribution in [0.15, 0.2) is 30.9 Å². The molecule has 0 aliphatic heterocycles. The van der Waals surface area contributed by atoms with E-state index in [1.165, 1.54) is 0 Å². The SMILES string of the molecule is Cn1cccc1C(=O)N[C@@H]1CC[C@H](C(=O)NCCc2cnc[nH]2)C[C@H]1O. The van der Waals surface area contributed by atoms with Crippen molar-refractivity contribution in [3.63, 3.8) is 0 Å². The summed E-state index contributed by atoms with van der Waals surface area (Å²) in [6, 6.07) is 3.21.